The van der Waals surface area contributed by atoms with Crippen molar-refractivity contribution < 1.29 is 4.79 Å². The Morgan fingerprint density at radius 2 is 2.00 bits per heavy atom. The first-order valence-electron chi connectivity index (χ1n) is 10.2. The van der Waals surface area contributed by atoms with E-state index in [1.165, 1.54) is 0 Å². The molecule has 2 saturated heterocycles. The zero-order valence-electron chi connectivity index (χ0n) is 16.5. The highest BCUT2D eigenvalue weighted by Crippen LogP contribution is 2.26. The second-order valence-electron chi connectivity index (χ2n) is 7.76. The van der Waals surface area contributed by atoms with E-state index in [4.69, 9.17) is 4.98 Å². The predicted molar refractivity (Wildman–Crippen MR) is 109 cm³/mol. The van der Waals surface area contributed by atoms with E-state index in [2.05, 4.69) is 20.2 Å². The molecule has 0 bridgehead atoms. The number of aryl methyl sites for hydroxylation is 1. The van der Waals surface area contributed by atoms with Crippen molar-refractivity contribution in [2.45, 2.75) is 38.5 Å². The number of carbonyl (C=O) groups is 1. The number of pyridine rings is 1. The molecule has 7 nitrogen and oxygen atoms in total. The zero-order valence-corrected chi connectivity index (χ0v) is 16.5. The lowest BCUT2D eigenvalue weighted by Gasteiger charge is -2.33. The van der Waals surface area contributed by atoms with E-state index in [0.29, 0.717) is 18.4 Å². The molecule has 0 spiro atoms. The molecular weight excluding hydrogens is 352 g/mol. The van der Waals surface area contributed by atoms with Crippen molar-refractivity contribution >= 4 is 17.7 Å². The van der Waals surface area contributed by atoms with Gasteiger partial charge in [0, 0.05) is 37.9 Å². The predicted octanol–water partition coefficient (Wildman–Crippen LogP) is 2.73. The third-order valence-corrected chi connectivity index (χ3v) is 5.66. The molecule has 1 N–H and O–H groups in total. The number of nitrogens with one attached hydrogen (secondary N) is 1. The number of carbonyl (C=O) groups excluding carboxylic acids is 1. The lowest BCUT2D eigenvalue weighted by atomic mass is 9.94. The second kappa shape index (κ2) is 8.65. The summed E-state index contributed by atoms with van der Waals surface area (Å²) in [4.78, 5) is 30.2. The van der Waals surface area contributed by atoms with Crippen LogP contribution in [0.4, 0.5) is 11.8 Å². The van der Waals surface area contributed by atoms with Crippen LogP contribution in [-0.2, 0) is 4.79 Å². The van der Waals surface area contributed by atoms with Crippen LogP contribution in [0.5, 0.6) is 0 Å². The number of amides is 1. The molecule has 4 heterocycles. The minimum absolute atomic E-state index is 0.272. The van der Waals surface area contributed by atoms with Crippen LogP contribution < -0.4 is 5.32 Å². The normalized spacial score (nSPS) is 20.3. The van der Waals surface area contributed by atoms with E-state index in [0.717, 1.165) is 68.9 Å². The molecule has 2 aliphatic rings. The first kappa shape index (κ1) is 18.8. The van der Waals surface area contributed by atoms with Gasteiger partial charge < -0.3 is 10.2 Å². The Balaban J connectivity index is 1.40. The molecule has 1 atom stereocenters. The Labute approximate surface area is 166 Å². The van der Waals surface area contributed by atoms with Crippen LogP contribution in [0.25, 0.3) is 0 Å². The van der Waals surface area contributed by atoms with E-state index >= 15 is 0 Å². The average Bonchev–Trinajstić information content (AvgIpc) is 3.25. The molecule has 1 amide bonds. The lowest BCUT2D eigenvalue weighted by molar-refractivity contribution is -0.131. The van der Waals surface area contributed by atoms with Gasteiger partial charge in [0.05, 0.1) is 12.2 Å². The molecule has 0 unspecified atom stereocenters. The quantitative estimate of drug-likeness (QED) is 0.860. The summed E-state index contributed by atoms with van der Waals surface area (Å²) >= 11 is 0. The highest BCUT2D eigenvalue weighted by Gasteiger charge is 2.26. The smallest absolute Gasteiger partial charge is 0.236 e. The molecule has 0 saturated carbocycles. The lowest BCUT2D eigenvalue weighted by Crippen LogP contribution is -2.43. The number of aromatic nitrogens is 3. The van der Waals surface area contributed by atoms with E-state index in [1.807, 2.05) is 30.0 Å². The topological polar surface area (TPSA) is 74.2 Å². The van der Waals surface area contributed by atoms with Gasteiger partial charge in [0.2, 0.25) is 11.9 Å². The Kier molecular flexibility index (Phi) is 5.81. The summed E-state index contributed by atoms with van der Waals surface area (Å²) in [6.07, 6.45) is 8.02. The zero-order chi connectivity index (χ0) is 19.3. The third kappa shape index (κ3) is 4.47. The molecular formula is C21H28N6O. The number of anilines is 2. The number of rotatable bonds is 5. The molecule has 28 heavy (non-hydrogen) atoms. The van der Waals surface area contributed by atoms with Gasteiger partial charge in [-0.05, 0) is 56.8 Å². The van der Waals surface area contributed by atoms with Gasteiger partial charge in [0.15, 0.2) is 0 Å². The van der Waals surface area contributed by atoms with Crippen LogP contribution >= 0.6 is 0 Å². The summed E-state index contributed by atoms with van der Waals surface area (Å²) in [5, 5.41) is 3.22. The van der Waals surface area contributed by atoms with Crippen molar-refractivity contribution in [3.05, 3.63) is 41.9 Å². The summed E-state index contributed by atoms with van der Waals surface area (Å²) in [6.45, 7) is 6.24. The highest BCUT2D eigenvalue weighted by molar-refractivity contribution is 5.78. The number of likely N-dealkylation sites (tertiary alicyclic amines) is 2. The van der Waals surface area contributed by atoms with E-state index < -0.39 is 0 Å². The Hall–Kier alpha value is -2.54. The molecule has 148 valence electrons. The molecule has 2 aromatic heterocycles. The maximum Gasteiger partial charge on any atom is 0.236 e. The van der Waals surface area contributed by atoms with Gasteiger partial charge in [-0.1, -0.05) is 6.07 Å². The molecule has 4 rings (SSSR count). The molecule has 2 aromatic rings. The van der Waals surface area contributed by atoms with Crippen LogP contribution in [0.1, 0.15) is 42.9 Å². The van der Waals surface area contributed by atoms with Crippen LogP contribution in [0.3, 0.4) is 0 Å². The van der Waals surface area contributed by atoms with Crippen molar-refractivity contribution in [3.8, 4) is 0 Å². The Morgan fingerprint density at radius 3 is 2.82 bits per heavy atom. The molecule has 7 heteroatoms. The minimum atomic E-state index is 0.272. The van der Waals surface area contributed by atoms with E-state index in [1.54, 1.807) is 12.4 Å². The largest absolute Gasteiger partial charge is 0.342 e. The van der Waals surface area contributed by atoms with Crippen LogP contribution in [0.2, 0.25) is 0 Å². The van der Waals surface area contributed by atoms with Gasteiger partial charge in [-0.25, -0.2) is 15.0 Å². The summed E-state index contributed by atoms with van der Waals surface area (Å²) < 4.78 is 0. The number of nitrogens with zero attached hydrogens (tertiary/aromatic N) is 5. The van der Waals surface area contributed by atoms with Gasteiger partial charge in [0.1, 0.15) is 5.82 Å². The summed E-state index contributed by atoms with van der Waals surface area (Å²) in [6, 6.07) is 5.92. The Bertz CT molecular complexity index is 820. The first-order chi connectivity index (χ1) is 13.7. The van der Waals surface area contributed by atoms with Crippen molar-refractivity contribution in [2.24, 2.45) is 0 Å². The van der Waals surface area contributed by atoms with Crippen LogP contribution in [0, 0.1) is 6.92 Å². The summed E-state index contributed by atoms with van der Waals surface area (Å²) in [5.41, 5.74) is 2.09. The Morgan fingerprint density at radius 1 is 1.14 bits per heavy atom. The number of hydrogen-bond donors (Lipinski definition) is 1. The first-order valence-corrected chi connectivity index (χ1v) is 10.2. The molecule has 0 aliphatic carbocycles. The van der Waals surface area contributed by atoms with Crippen molar-refractivity contribution in [1.29, 1.82) is 0 Å². The highest BCUT2D eigenvalue weighted by atomic mass is 16.2. The number of piperidine rings is 1. The second-order valence-corrected chi connectivity index (χ2v) is 7.76. The summed E-state index contributed by atoms with van der Waals surface area (Å²) in [5.74, 6) is 1.95. The van der Waals surface area contributed by atoms with Gasteiger partial charge in [-0.2, -0.15) is 0 Å². The SMILES string of the molecule is Cc1cccnc1Nc1nccc([C@@H]2CCCN(CC(=O)N3CCCC3)C2)n1. The minimum Gasteiger partial charge on any atom is -0.342 e. The third-order valence-electron chi connectivity index (χ3n) is 5.66. The van der Waals surface area contributed by atoms with Gasteiger partial charge in [0.25, 0.3) is 0 Å². The van der Waals surface area contributed by atoms with Crippen LogP contribution in [0.15, 0.2) is 30.6 Å². The fourth-order valence-corrected chi connectivity index (χ4v) is 4.08. The fraction of sp³-hybridized carbons (Fsp3) is 0.524. The monoisotopic (exact) mass is 380 g/mol. The molecule has 0 aromatic carbocycles. The fourth-order valence-electron chi connectivity index (χ4n) is 4.08. The van der Waals surface area contributed by atoms with Crippen molar-refractivity contribution in [3.63, 3.8) is 0 Å². The maximum atomic E-state index is 12.5. The van der Waals surface area contributed by atoms with E-state index in [-0.39, 0.29) is 5.91 Å². The molecule has 0 radical (unpaired) electrons. The summed E-state index contributed by atoms with van der Waals surface area (Å²) in [7, 11) is 0. The van der Waals surface area contributed by atoms with Gasteiger partial charge in [-0.15, -0.1) is 0 Å². The maximum absolute atomic E-state index is 12.5. The van der Waals surface area contributed by atoms with Gasteiger partial charge in [-0.3, -0.25) is 9.69 Å². The standard InChI is InChI=1S/C21H28N6O/c1-16-6-4-9-22-20(16)25-21-23-10-8-18(24-21)17-7-5-11-26(14-17)15-19(28)27-12-2-3-13-27/h4,6,8-10,17H,2-3,5,7,11-15H2,1H3,(H,22,23,24,25)/t17-/m1/s1. The van der Waals surface area contributed by atoms with Crippen molar-refractivity contribution in [1.82, 2.24) is 24.8 Å². The molecule has 2 fully saturated rings. The number of hydrogen-bond acceptors (Lipinski definition) is 6. The van der Waals surface area contributed by atoms with Crippen LogP contribution in [-0.4, -0.2) is 63.4 Å². The van der Waals surface area contributed by atoms with Gasteiger partial charge >= 0.3 is 0 Å². The van der Waals surface area contributed by atoms with E-state index in [9.17, 15) is 4.79 Å². The molecule has 2 aliphatic heterocycles. The average molecular weight is 380 g/mol. The van der Waals surface area contributed by atoms with Crippen molar-refractivity contribution in [2.75, 3.05) is 38.0 Å².